The summed E-state index contributed by atoms with van der Waals surface area (Å²) < 4.78 is 16.6. The van der Waals surface area contributed by atoms with Crippen LogP contribution in [0.25, 0.3) is 10.4 Å². The van der Waals surface area contributed by atoms with Crippen LogP contribution < -0.4 is 16.0 Å². The fourth-order valence-corrected chi connectivity index (χ4v) is 8.25. The first kappa shape index (κ1) is 45.0. The lowest BCUT2D eigenvalue weighted by Crippen LogP contribution is -2.58. The lowest BCUT2D eigenvalue weighted by molar-refractivity contribution is -0.144. The summed E-state index contributed by atoms with van der Waals surface area (Å²) >= 11 is 1.56. The summed E-state index contributed by atoms with van der Waals surface area (Å²) in [6, 6.07) is 10.5. The molecule has 6 rings (SSSR count). The van der Waals surface area contributed by atoms with Gasteiger partial charge in [0.25, 0.3) is 5.91 Å². The van der Waals surface area contributed by atoms with Gasteiger partial charge in [0.05, 0.1) is 48.6 Å². The van der Waals surface area contributed by atoms with Crippen molar-refractivity contribution in [1.29, 1.82) is 0 Å². The SMILES string of the molecule is Cc1ncsc1-c1ccc(CNC(=O)[C@@H]2C[C@@H](O)CN2C(=O)C(NC(=O)COCCOCCOCC#Cc2cccc3c2CN(C2CCC(=O)NC2=O)C3=O)C(C)(C)C)cc1. The highest BCUT2D eigenvalue weighted by Crippen LogP contribution is 2.31. The molecule has 2 aromatic carbocycles. The molecule has 2 saturated heterocycles. The molecule has 2 fully saturated rings. The first-order chi connectivity index (χ1) is 29.2. The van der Waals surface area contributed by atoms with Gasteiger partial charge in [-0.25, -0.2) is 4.98 Å². The predicted molar refractivity (Wildman–Crippen MR) is 223 cm³/mol. The topological polar surface area (TPSA) is 206 Å². The second-order valence-corrected chi connectivity index (χ2v) is 17.0. The number of β-amino-alcohol motifs (C(OH)–C–C–N with tert-alkyl or cyclic N) is 1. The van der Waals surface area contributed by atoms with Crippen LogP contribution >= 0.6 is 11.3 Å². The van der Waals surface area contributed by atoms with Gasteiger partial charge < -0.3 is 39.8 Å². The average molecular weight is 857 g/mol. The highest BCUT2D eigenvalue weighted by molar-refractivity contribution is 7.13. The highest BCUT2D eigenvalue weighted by Gasteiger charge is 2.44. The molecule has 2 unspecified atom stereocenters. The number of fused-ring (bicyclic) bond motifs is 1. The number of carbonyl (C=O) groups excluding carboxylic acids is 6. The zero-order valence-electron chi connectivity index (χ0n) is 34.8. The van der Waals surface area contributed by atoms with Crippen LogP contribution in [0.5, 0.6) is 0 Å². The number of imide groups is 1. The fourth-order valence-electron chi connectivity index (χ4n) is 7.44. The minimum atomic E-state index is -0.985. The van der Waals surface area contributed by atoms with E-state index in [4.69, 9.17) is 14.2 Å². The van der Waals surface area contributed by atoms with Crippen LogP contribution in [0.1, 0.15) is 72.8 Å². The molecular formula is C44H52N6O10S. The van der Waals surface area contributed by atoms with E-state index in [9.17, 15) is 33.9 Å². The maximum Gasteiger partial charge on any atom is 0.255 e. The third-order valence-corrected chi connectivity index (χ3v) is 11.6. The van der Waals surface area contributed by atoms with Crippen LogP contribution in [0.4, 0.5) is 0 Å². The predicted octanol–water partition coefficient (Wildman–Crippen LogP) is 2.09. The average Bonchev–Trinajstić information content (AvgIpc) is 3.94. The zero-order chi connectivity index (χ0) is 43.7. The van der Waals surface area contributed by atoms with Gasteiger partial charge in [-0.3, -0.25) is 34.1 Å². The van der Waals surface area contributed by atoms with Crippen LogP contribution in [0, 0.1) is 24.2 Å². The van der Waals surface area contributed by atoms with Gasteiger partial charge in [0.15, 0.2) is 0 Å². The molecule has 16 nitrogen and oxygen atoms in total. The second-order valence-electron chi connectivity index (χ2n) is 16.2. The van der Waals surface area contributed by atoms with Gasteiger partial charge in [0.1, 0.15) is 31.3 Å². The lowest BCUT2D eigenvalue weighted by atomic mass is 9.85. The molecule has 4 atom stereocenters. The molecule has 4 heterocycles. The van der Waals surface area contributed by atoms with Crippen LogP contribution in [0.15, 0.2) is 48.0 Å². The summed E-state index contributed by atoms with van der Waals surface area (Å²) in [6.07, 6.45) is -0.335. The van der Waals surface area contributed by atoms with E-state index >= 15 is 0 Å². The number of aromatic nitrogens is 1. The van der Waals surface area contributed by atoms with Crippen molar-refractivity contribution >= 4 is 46.8 Å². The minimum Gasteiger partial charge on any atom is -0.391 e. The molecule has 0 aliphatic carbocycles. The number of benzene rings is 2. The molecule has 3 aliphatic rings. The Balaban J connectivity index is 0.879. The maximum atomic E-state index is 13.9. The summed E-state index contributed by atoms with van der Waals surface area (Å²) in [6.45, 7) is 8.45. The number of nitrogens with one attached hydrogen (secondary N) is 3. The van der Waals surface area contributed by atoms with Crippen molar-refractivity contribution in [3.63, 3.8) is 0 Å². The number of thiazole rings is 1. The molecule has 3 aliphatic heterocycles. The van der Waals surface area contributed by atoms with E-state index in [2.05, 4.69) is 32.8 Å². The number of likely N-dealkylation sites (tertiary alicyclic amines) is 1. The van der Waals surface area contributed by atoms with Gasteiger partial charge in [-0.05, 0) is 47.6 Å². The summed E-state index contributed by atoms with van der Waals surface area (Å²) in [7, 11) is 0. The van der Waals surface area contributed by atoms with Gasteiger partial charge in [0, 0.05) is 43.6 Å². The third-order valence-electron chi connectivity index (χ3n) is 10.7. The number of amides is 6. The standard InChI is InChI=1S/C44H52N6O10S/c1-27-38(61-26-46-27)30-12-10-28(11-13-30)22-45-40(54)35-21-31(51)23-49(35)43(57)39(44(2,3)4)47-37(53)25-60-20-19-59-18-17-58-16-6-8-29-7-5-9-32-33(29)24-50(42(32)56)34-14-15-36(52)48-41(34)55/h5,7,9-13,26,31,34-35,39,51H,14-25H2,1-4H3,(H,45,54)(H,47,53)(H,48,52,55)/t31-,34?,35+,39?/m1/s1. The van der Waals surface area contributed by atoms with Gasteiger partial charge in [-0.15, -0.1) is 11.3 Å². The second kappa shape index (κ2) is 20.4. The normalized spacial score (nSPS) is 19.2. The quantitative estimate of drug-likeness (QED) is 0.0933. The summed E-state index contributed by atoms with van der Waals surface area (Å²) in [5, 5.41) is 18.5. The van der Waals surface area contributed by atoms with E-state index < -0.39 is 47.4 Å². The van der Waals surface area contributed by atoms with Crippen molar-refractivity contribution < 1.29 is 48.1 Å². The maximum absolute atomic E-state index is 13.9. The number of aryl methyl sites for hydroxylation is 1. The Morgan fingerprint density at radius 1 is 1.03 bits per heavy atom. The molecule has 0 spiro atoms. The van der Waals surface area contributed by atoms with E-state index in [1.165, 1.54) is 9.80 Å². The smallest absolute Gasteiger partial charge is 0.255 e. The number of ether oxygens (including phenoxy) is 3. The number of aliphatic hydroxyl groups excluding tert-OH is 1. The van der Waals surface area contributed by atoms with Crippen LogP contribution in [0.3, 0.4) is 0 Å². The van der Waals surface area contributed by atoms with E-state index in [1.807, 2.05) is 52.0 Å². The van der Waals surface area contributed by atoms with Crippen LogP contribution in [-0.4, -0.2) is 126 Å². The number of aliphatic hydroxyl groups is 1. The number of piperidine rings is 1. The first-order valence-corrected chi connectivity index (χ1v) is 21.1. The van der Waals surface area contributed by atoms with Crippen molar-refractivity contribution in [3.05, 3.63) is 75.9 Å². The molecule has 17 heteroatoms. The number of hydrogen-bond acceptors (Lipinski definition) is 12. The monoisotopic (exact) mass is 856 g/mol. The molecule has 0 saturated carbocycles. The largest absolute Gasteiger partial charge is 0.391 e. The third kappa shape index (κ3) is 11.5. The van der Waals surface area contributed by atoms with E-state index in [0.29, 0.717) is 11.1 Å². The fraction of sp³-hybridized carbons (Fsp3) is 0.477. The molecule has 61 heavy (non-hydrogen) atoms. The van der Waals surface area contributed by atoms with Crippen molar-refractivity contribution in [1.82, 2.24) is 30.7 Å². The van der Waals surface area contributed by atoms with Crippen LogP contribution in [0.2, 0.25) is 0 Å². The molecule has 0 radical (unpaired) electrons. The first-order valence-electron chi connectivity index (χ1n) is 20.2. The molecule has 6 amide bonds. The lowest BCUT2D eigenvalue weighted by Gasteiger charge is -2.35. The Morgan fingerprint density at radius 3 is 2.48 bits per heavy atom. The molecule has 4 N–H and O–H groups in total. The number of nitrogens with zero attached hydrogens (tertiary/aromatic N) is 3. The van der Waals surface area contributed by atoms with Gasteiger partial charge in [-0.2, -0.15) is 0 Å². The zero-order valence-corrected chi connectivity index (χ0v) is 35.6. The molecule has 3 aromatic rings. The van der Waals surface area contributed by atoms with Crippen molar-refractivity contribution in [2.24, 2.45) is 5.41 Å². The van der Waals surface area contributed by atoms with E-state index in [-0.39, 0.29) is 96.3 Å². The number of hydrogen-bond donors (Lipinski definition) is 4. The van der Waals surface area contributed by atoms with E-state index in [1.54, 1.807) is 35.0 Å². The van der Waals surface area contributed by atoms with Crippen molar-refractivity contribution in [2.45, 2.75) is 84.3 Å². The van der Waals surface area contributed by atoms with Gasteiger partial charge >= 0.3 is 0 Å². The minimum absolute atomic E-state index is 0.0314. The Bertz CT molecular complexity index is 2170. The van der Waals surface area contributed by atoms with Crippen molar-refractivity contribution in [3.8, 4) is 22.3 Å². The van der Waals surface area contributed by atoms with Gasteiger partial charge in [0.2, 0.25) is 29.5 Å². The summed E-state index contributed by atoms with van der Waals surface area (Å²) in [5.41, 5.74) is 5.86. The number of carbonyl (C=O) groups is 6. The molecule has 1 aromatic heterocycles. The molecule has 0 bridgehead atoms. The summed E-state index contributed by atoms with van der Waals surface area (Å²) in [4.78, 5) is 85.4. The summed E-state index contributed by atoms with van der Waals surface area (Å²) in [5.74, 6) is 3.57. The number of rotatable bonds is 16. The Kier molecular flexibility index (Phi) is 15.0. The highest BCUT2D eigenvalue weighted by atomic mass is 32.1. The van der Waals surface area contributed by atoms with Crippen molar-refractivity contribution in [2.75, 3.05) is 46.2 Å². The van der Waals surface area contributed by atoms with Gasteiger partial charge in [-0.1, -0.05) is 62.9 Å². The Labute approximate surface area is 358 Å². The van der Waals surface area contributed by atoms with E-state index in [0.717, 1.165) is 27.3 Å². The molecule has 324 valence electrons. The Hall–Kier alpha value is -5.51. The Morgan fingerprint density at radius 2 is 1.77 bits per heavy atom. The molecular weight excluding hydrogens is 805 g/mol. The van der Waals surface area contributed by atoms with Crippen LogP contribution in [-0.2, 0) is 51.3 Å².